The van der Waals surface area contributed by atoms with Gasteiger partial charge in [0.15, 0.2) is 5.82 Å². The molecule has 0 unspecified atom stereocenters. The van der Waals surface area contributed by atoms with Crippen LogP contribution in [0.2, 0.25) is 0 Å². The number of aromatic nitrogens is 2. The van der Waals surface area contributed by atoms with Gasteiger partial charge in [-0.25, -0.2) is 14.4 Å². The fraction of sp³-hybridized carbons (Fsp3) is 0.360. The number of rotatable bonds is 10. The fourth-order valence-electron chi connectivity index (χ4n) is 3.36. The summed E-state index contributed by atoms with van der Waals surface area (Å²) in [6.07, 6.45) is 9.41. The molecule has 152 valence electrons. The minimum atomic E-state index is -0.706. The van der Waals surface area contributed by atoms with Gasteiger partial charge in [0.05, 0.1) is 0 Å². The lowest BCUT2D eigenvalue weighted by atomic mass is 10.0. The van der Waals surface area contributed by atoms with E-state index in [2.05, 4.69) is 16.9 Å². The van der Waals surface area contributed by atoms with E-state index in [1.807, 2.05) is 36.4 Å². The molecular weight excluding hydrogens is 363 g/mol. The second kappa shape index (κ2) is 10.7. The van der Waals surface area contributed by atoms with Crippen molar-refractivity contribution in [2.75, 3.05) is 0 Å². The van der Waals surface area contributed by atoms with Crippen molar-refractivity contribution in [3.05, 3.63) is 66.5 Å². The molecule has 29 heavy (non-hydrogen) atoms. The van der Waals surface area contributed by atoms with Gasteiger partial charge >= 0.3 is 0 Å². The molecule has 0 aliphatic rings. The standard InChI is InChI=1S/C25H29FN2O/c1-2-3-4-5-6-23(26)14-9-19-7-10-21(11-8-19)25-27-17-22(18-28-25)20-12-15-24(29)16-13-20/h7-8,10-13,15-18,23,29H,2-6,9,14H2,1H3/t23-/m0/s1. The molecule has 1 N–H and O–H groups in total. The SMILES string of the molecule is CCCCCC[C@H](F)CCc1ccc(-c2ncc(-c3ccc(O)cc3)cn2)cc1. The van der Waals surface area contributed by atoms with Crippen molar-refractivity contribution in [2.24, 2.45) is 0 Å². The molecule has 3 aromatic rings. The number of hydrogen-bond donors (Lipinski definition) is 1. The molecule has 0 bridgehead atoms. The van der Waals surface area contributed by atoms with Gasteiger partial charge in [0.25, 0.3) is 0 Å². The molecule has 3 rings (SSSR count). The molecule has 0 saturated carbocycles. The number of aromatic hydroxyl groups is 1. The van der Waals surface area contributed by atoms with Crippen LogP contribution in [0.4, 0.5) is 4.39 Å². The van der Waals surface area contributed by atoms with E-state index in [4.69, 9.17) is 0 Å². The topological polar surface area (TPSA) is 46.0 Å². The van der Waals surface area contributed by atoms with Crippen molar-refractivity contribution in [3.63, 3.8) is 0 Å². The number of benzene rings is 2. The van der Waals surface area contributed by atoms with E-state index in [1.165, 1.54) is 12.8 Å². The highest BCUT2D eigenvalue weighted by Gasteiger charge is 2.08. The quantitative estimate of drug-likeness (QED) is 0.388. The molecule has 3 nitrogen and oxygen atoms in total. The molecule has 4 heteroatoms. The third-order valence-corrected chi connectivity index (χ3v) is 5.18. The van der Waals surface area contributed by atoms with Crippen LogP contribution in [-0.2, 0) is 6.42 Å². The van der Waals surface area contributed by atoms with Crippen molar-refractivity contribution >= 4 is 0 Å². The Morgan fingerprint density at radius 2 is 1.45 bits per heavy atom. The summed E-state index contributed by atoms with van der Waals surface area (Å²) in [5.41, 5.74) is 3.95. The summed E-state index contributed by atoms with van der Waals surface area (Å²) in [5.74, 6) is 0.903. The Hall–Kier alpha value is -2.75. The third kappa shape index (κ3) is 6.38. The van der Waals surface area contributed by atoms with Crippen LogP contribution in [0.3, 0.4) is 0 Å². The maximum atomic E-state index is 14.0. The van der Waals surface area contributed by atoms with E-state index < -0.39 is 6.17 Å². The zero-order valence-electron chi connectivity index (χ0n) is 17.0. The van der Waals surface area contributed by atoms with Gasteiger partial charge in [-0.2, -0.15) is 0 Å². The lowest BCUT2D eigenvalue weighted by Gasteiger charge is -2.09. The number of alkyl halides is 1. The second-order valence-corrected chi connectivity index (χ2v) is 7.52. The number of nitrogens with zero attached hydrogens (tertiary/aromatic N) is 2. The summed E-state index contributed by atoms with van der Waals surface area (Å²) in [7, 11) is 0. The average Bonchev–Trinajstić information content (AvgIpc) is 2.76. The lowest BCUT2D eigenvalue weighted by Crippen LogP contribution is -2.02. The van der Waals surface area contributed by atoms with Gasteiger partial charge in [0.1, 0.15) is 11.9 Å². The van der Waals surface area contributed by atoms with Crippen LogP contribution in [0.1, 0.15) is 51.0 Å². The highest BCUT2D eigenvalue weighted by Crippen LogP contribution is 2.23. The first-order valence-electron chi connectivity index (χ1n) is 10.5. The minimum Gasteiger partial charge on any atom is -0.508 e. The monoisotopic (exact) mass is 392 g/mol. The summed E-state index contributed by atoms with van der Waals surface area (Å²) in [5, 5.41) is 9.39. The predicted molar refractivity (Wildman–Crippen MR) is 117 cm³/mol. The van der Waals surface area contributed by atoms with Gasteiger partial charge in [0.2, 0.25) is 0 Å². The number of phenolic OH excluding ortho intramolecular Hbond substituents is 1. The van der Waals surface area contributed by atoms with E-state index in [9.17, 15) is 9.50 Å². The van der Waals surface area contributed by atoms with Crippen LogP contribution >= 0.6 is 0 Å². The predicted octanol–water partition coefficient (Wildman–Crippen LogP) is 6.76. The molecule has 0 radical (unpaired) electrons. The van der Waals surface area contributed by atoms with Crippen LogP contribution in [0, 0.1) is 0 Å². The normalized spacial score (nSPS) is 12.1. The summed E-state index contributed by atoms with van der Waals surface area (Å²) >= 11 is 0. The fourth-order valence-corrected chi connectivity index (χ4v) is 3.36. The molecule has 2 aromatic carbocycles. The van der Waals surface area contributed by atoms with Gasteiger partial charge in [-0.1, -0.05) is 69.0 Å². The number of unbranched alkanes of at least 4 members (excludes halogenated alkanes) is 3. The van der Waals surface area contributed by atoms with Crippen LogP contribution in [-0.4, -0.2) is 21.2 Å². The zero-order valence-corrected chi connectivity index (χ0v) is 17.0. The van der Waals surface area contributed by atoms with Crippen LogP contribution in [0.15, 0.2) is 60.9 Å². The summed E-state index contributed by atoms with van der Waals surface area (Å²) in [4.78, 5) is 8.93. The molecule has 1 atom stereocenters. The maximum absolute atomic E-state index is 14.0. The van der Waals surface area contributed by atoms with Gasteiger partial charge in [-0.15, -0.1) is 0 Å². The zero-order chi connectivity index (χ0) is 20.5. The Labute approximate surface area is 172 Å². The second-order valence-electron chi connectivity index (χ2n) is 7.52. The van der Waals surface area contributed by atoms with Crippen molar-refractivity contribution in [3.8, 4) is 28.3 Å². The molecule has 0 fully saturated rings. The van der Waals surface area contributed by atoms with Crippen LogP contribution in [0.5, 0.6) is 5.75 Å². The Kier molecular flexibility index (Phi) is 7.74. The highest BCUT2D eigenvalue weighted by atomic mass is 19.1. The van der Waals surface area contributed by atoms with Crippen LogP contribution < -0.4 is 0 Å². The van der Waals surface area contributed by atoms with Gasteiger partial charge in [-0.3, -0.25) is 0 Å². The Balaban J connectivity index is 1.54. The van der Waals surface area contributed by atoms with Crippen molar-refractivity contribution < 1.29 is 9.50 Å². The first-order chi connectivity index (χ1) is 14.2. The van der Waals surface area contributed by atoms with E-state index in [0.717, 1.165) is 41.5 Å². The number of halogens is 1. The number of phenols is 1. The molecule has 0 aliphatic heterocycles. The molecule has 1 aromatic heterocycles. The Bertz CT molecular complexity index is 861. The largest absolute Gasteiger partial charge is 0.508 e. The molecule has 1 heterocycles. The van der Waals surface area contributed by atoms with E-state index >= 15 is 0 Å². The average molecular weight is 393 g/mol. The first kappa shape index (κ1) is 21.0. The Morgan fingerprint density at radius 3 is 2.10 bits per heavy atom. The highest BCUT2D eigenvalue weighted by molar-refractivity contribution is 5.64. The number of aryl methyl sites for hydroxylation is 1. The molecule has 0 spiro atoms. The van der Waals surface area contributed by atoms with Gasteiger partial charge < -0.3 is 5.11 Å². The molecule has 0 aliphatic carbocycles. The maximum Gasteiger partial charge on any atom is 0.159 e. The summed E-state index contributed by atoms with van der Waals surface area (Å²) < 4.78 is 14.0. The smallest absolute Gasteiger partial charge is 0.159 e. The number of hydrogen-bond acceptors (Lipinski definition) is 3. The van der Waals surface area contributed by atoms with E-state index in [1.54, 1.807) is 24.5 Å². The minimum absolute atomic E-state index is 0.238. The van der Waals surface area contributed by atoms with Crippen molar-refractivity contribution in [2.45, 2.75) is 58.0 Å². The molecule has 0 amide bonds. The summed E-state index contributed by atoms with van der Waals surface area (Å²) in [6.45, 7) is 2.17. The van der Waals surface area contributed by atoms with E-state index in [-0.39, 0.29) is 5.75 Å². The molecule has 0 saturated heterocycles. The van der Waals surface area contributed by atoms with Gasteiger partial charge in [0, 0.05) is 23.5 Å². The van der Waals surface area contributed by atoms with Gasteiger partial charge in [-0.05, 0) is 42.5 Å². The van der Waals surface area contributed by atoms with Crippen molar-refractivity contribution in [1.29, 1.82) is 0 Å². The lowest BCUT2D eigenvalue weighted by molar-refractivity contribution is 0.288. The summed E-state index contributed by atoms with van der Waals surface area (Å²) in [6, 6.07) is 15.0. The Morgan fingerprint density at radius 1 is 0.793 bits per heavy atom. The van der Waals surface area contributed by atoms with Crippen molar-refractivity contribution in [1.82, 2.24) is 9.97 Å². The van der Waals surface area contributed by atoms with E-state index in [0.29, 0.717) is 18.7 Å². The van der Waals surface area contributed by atoms with Crippen LogP contribution in [0.25, 0.3) is 22.5 Å². The first-order valence-corrected chi connectivity index (χ1v) is 10.5. The third-order valence-electron chi connectivity index (χ3n) is 5.18. The molecular formula is C25H29FN2O.